The lowest BCUT2D eigenvalue weighted by atomic mass is 9.96. The molecule has 0 atom stereocenters. The van der Waals surface area contributed by atoms with Gasteiger partial charge in [-0.25, -0.2) is 14.8 Å². The summed E-state index contributed by atoms with van der Waals surface area (Å²) < 4.78 is 1.74. The van der Waals surface area contributed by atoms with Crippen LogP contribution in [0.15, 0.2) is 73.3 Å². The summed E-state index contributed by atoms with van der Waals surface area (Å²) in [6.07, 6.45) is 8.58. The van der Waals surface area contributed by atoms with E-state index >= 15 is 0 Å². The van der Waals surface area contributed by atoms with Crippen LogP contribution in [-0.2, 0) is 26.4 Å². The Kier molecular flexibility index (Phi) is 7.24. The molecule has 0 unspecified atom stereocenters. The highest BCUT2D eigenvalue weighted by Crippen LogP contribution is 2.35. The standard InChI is InChI=1S/C32H30ClN7O/c1-4-21-14-24(15-26(29(21)33)23-17-35-39(3)18-23)36-32(41)40-13-11-28-27(19-40)30(25-10-6-5-8-20(25)2)38-31(37-28)22-9-7-12-34-16-22/h5-10,12,14-18H,4,11,13,19H2,1-3H3,(H,36,41). The topological polar surface area (TPSA) is 88.8 Å². The van der Waals surface area contributed by atoms with Crippen molar-refractivity contribution in [2.75, 3.05) is 11.9 Å². The number of carbonyl (C=O) groups excluding carboxylic acids is 1. The third-order valence-corrected chi connectivity index (χ3v) is 7.91. The maximum atomic E-state index is 13.6. The third kappa shape index (κ3) is 5.30. The summed E-state index contributed by atoms with van der Waals surface area (Å²) in [7, 11) is 1.87. The fourth-order valence-electron chi connectivity index (χ4n) is 5.26. The number of urea groups is 1. The van der Waals surface area contributed by atoms with Crippen molar-refractivity contribution in [2.45, 2.75) is 33.2 Å². The number of benzene rings is 2. The number of nitrogens with one attached hydrogen (secondary N) is 1. The van der Waals surface area contributed by atoms with Gasteiger partial charge in [0.25, 0.3) is 0 Å². The molecule has 3 aromatic heterocycles. The van der Waals surface area contributed by atoms with Crippen molar-refractivity contribution in [1.82, 2.24) is 29.6 Å². The molecule has 41 heavy (non-hydrogen) atoms. The molecule has 5 aromatic rings. The van der Waals surface area contributed by atoms with Crippen LogP contribution < -0.4 is 5.32 Å². The first-order valence-corrected chi connectivity index (χ1v) is 14.0. The number of hydrogen-bond acceptors (Lipinski definition) is 5. The SMILES string of the molecule is CCc1cc(NC(=O)N2CCc3nc(-c4cccnc4)nc(-c4ccccc4C)c3C2)cc(-c2cnn(C)c2)c1Cl. The summed E-state index contributed by atoms with van der Waals surface area (Å²) in [4.78, 5) is 29.6. The van der Waals surface area contributed by atoms with Gasteiger partial charge < -0.3 is 10.2 Å². The van der Waals surface area contributed by atoms with Crippen LogP contribution in [0, 0.1) is 6.92 Å². The van der Waals surface area contributed by atoms with Gasteiger partial charge >= 0.3 is 6.03 Å². The minimum absolute atomic E-state index is 0.177. The predicted octanol–water partition coefficient (Wildman–Crippen LogP) is 6.72. The van der Waals surface area contributed by atoms with Crippen LogP contribution in [0.5, 0.6) is 0 Å². The van der Waals surface area contributed by atoms with Crippen LogP contribution in [0.2, 0.25) is 5.02 Å². The number of fused-ring (bicyclic) bond motifs is 1. The number of anilines is 1. The molecule has 0 saturated carbocycles. The number of hydrogen-bond donors (Lipinski definition) is 1. The Morgan fingerprint density at radius 1 is 1.05 bits per heavy atom. The van der Waals surface area contributed by atoms with Gasteiger partial charge in [0, 0.05) is 72.1 Å². The molecule has 0 spiro atoms. The Hall–Kier alpha value is -4.56. The first-order chi connectivity index (χ1) is 19.9. The normalized spacial score (nSPS) is 12.7. The van der Waals surface area contributed by atoms with Crippen molar-refractivity contribution >= 4 is 23.3 Å². The Morgan fingerprint density at radius 3 is 2.63 bits per heavy atom. The summed E-state index contributed by atoms with van der Waals surface area (Å²) >= 11 is 6.73. The average Bonchev–Trinajstić information content (AvgIpc) is 3.43. The highest BCUT2D eigenvalue weighted by atomic mass is 35.5. The summed E-state index contributed by atoms with van der Waals surface area (Å²) in [5, 5.41) is 8.08. The van der Waals surface area contributed by atoms with Gasteiger partial charge in [-0.3, -0.25) is 9.67 Å². The van der Waals surface area contributed by atoms with Gasteiger partial charge in [-0.2, -0.15) is 5.10 Å². The van der Waals surface area contributed by atoms with Crippen molar-refractivity contribution in [3.63, 3.8) is 0 Å². The van der Waals surface area contributed by atoms with E-state index in [1.807, 2.05) is 61.5 Å². The molecular weight excluding hydrogens is 534 g/mol. The van der Waals surface area contributed by atoms with Crippen molar-refractivity contribution in [3.05, 3.63) is 101 Å². The number of aryl methyl sites for hydroxylation is 3. The maximum Gasteiger partial charge on any atom is 0.322 e. The molecule has 1 aliphatic rings. The molecular formula is C32H30ClN7O. The maximum absolute atomic E-state index is 13.6. The van der Waals surface area contributed by atoms with E-state index in [0.717, 1.165) is 56.8 Å². The monoisotopic (exact) mass is 563 g/mol. The van der Waals surface area contributed by atoms with E-state index in [2.05, 4.69) is 34.5 Å². The van der Waals surface area contributed by atoms with E-state index in [1.165, 1.54) is 0 Å². The van der Waals surface area contributed by atoms with Gasteiger partial charge in [0.15, 0.2) is 5.82 Å². The number of rotatable bonds is 5. The van der Waals surface area contributed by atoms with Gasteiger partial charge in [0.05, 0.1) is 29.2 Å². The number of nitrogens with zero attached hydrogens (tertiary/aromatic N) is 6. The second kappa shape index (κ2) is 11.1. The van der Waals surface area contributed by atoms with E-state index in [-0.39, 0.29) is 6.03 Å². The molecule has 9 heteroatoms. The van der Waals surface area contributed by atoms with E-state index in [9.17, 15) is 4.79 Å². The number of carbonyl (C=O) groups is 1. The summed E-state index contributed by atoms with van der Waals surface area (Å²) in [5.41, 5.74) is 9.19. The van der Waals surface area contributed by atoms with Crippen molar-refractivity contribution in [3.8, 4) is 33.8 Å². The van der Waals surface area contributed by atoms with Crippen LogP contribution in [-0.4, -0.2) is 42.2 Å². The first kappa shape index (κ1) is 26.7. The number of pyridine rings is 1. The zero-order chi connectivity index (χ0) is 28.5. The van der Waals surface area contributed by atoms with Crippen LogP contribution in [0.4, 0.5) is 10.5 Å². The molecule has 0 saturated heterocycles. The fourth-order valence-corrected chi connectivity index (χ4v) is 5.61. The van der Waals surface area contributed by atoms with E-state index in [0.29, 0.717) is 36.0 Å². The summed E-state index contributed by atoms with van der Waals surface area (Å²) in [6.45, 7) is 5.07. The highest BCUT2D eigenvalue weighted by molar-refractivity contribution is 6.34. The van der Waals surface area contributed by atoms with Crippen LogP contribution >= 0.6 is 11.6 Å². The molecule has 1 N–H and O–H groups in total. The van der Waals surface area contributed by atoms with E-state index in [4.69, 9.17) is 21.6 Å². The van der Waals surface area contributed by atoms with Gasteiger partial charge in [0.1, 0.15) is 0 Å². The fraction of sp³-hybridized carbons (Fsp3) is 0.219. The highest BCUT2D eigenvalue weighted by Gasteiger charge is 2.27. The second-order valence-corrected chi connectivity index (χ2v) is 10.6. The summed E-state index contributed by atoms with van der Waals surface area (Å²) in [5.74, 6) is 0.643. The molecule has 0 aliphatic carbocycles. The van der Waals surface area contributed by atoms with Gasteiger partial charge in [0.2, 0.25) is 0 Å². The third-order valence-electron chi connectivity index (χ3n) is 7.46. The summed E-state index contributed by atoms with van der Waals surface area (Å²) in [6, 6.07) is 15.7. The Bertz CT molecular complexity index is 1750. The van der Waals surface area contributed by atoms with Crippen molar-refractivity contribution in [2.24, 2.45) is 7.05 Å². The zero-order valence-corrected chi connectivity index (χ0v) is 24.0. The first-order valence-electron chi connectivity index (χ1n) is 13.6. The van der Waals surface area contributed by atoms with Crippen molar-refractivity contribution < 1.29 is 4.79 Å². The predicted molar refractivity (Wildman–Crippen MR) is 162 cm³/mol. The van der Waals surface area contributed by atoms with E-state index < -0.39 is 0 Å². The van der Waals surface area contributed by atoms with Gasteiger partial charge in [-0.1, -0.05) is 42.8 Å². The average molecular weight is 564 g/mol. The quantitative estimate of drug-likeness (QED) is 0.256. The van der Waals surface area contributed by atoms with Crippen LogP contribution in [0.1, 0.15) is 29.3 Å². The largest absolute Gasteiger partial charge is 0.322 e. The molecule has 206 valence electrons. The molecule has 0 bridgehead atoms. The lowest BCUT2D eigenvalue weighted by molar-refractivity contribution is 0.206. The second-order valence-electron chi connectivity index (χ2n) is 10.2. The lowest BCUT2D eigenvalue weighted by Crippen LogP contribution is -2.39. The van der Waals surface area contributed by atoms with Crippen molar-refractivity contribution in [1.29, 1.82) is 0 Å². The number of halogens is 1. The molecule has 0 radical (unpaired) electrons. The molecule has 0 fully saturated rings. The van der Waals surface area contributed by atoms with Gasteiger partial charge in [-0.05, 0) is 48.7 Å². The molecule has 2 amide bonds. The molecule has 2 aromatic carbocycles. The number of aromatic nitrogens is 5. The van der Waals surface area contributed by atoms with Crippen LogP contribution in [0.25, 0.3) is 33.8 Å². The molecule has 6 rings (SSSR count). The number of amides is 2. The molecule has 8 nitrogen and oxygen atoms in total. The van der Waals surface area contributed by atoms with E-state index in [1.54, 1.807) is 23.3 Å². The van der Waals surface area contributed by atoms with Gasteiger partial charge in [-0.15, -0.1) is 0 Å². The zero-order valence-electron chi connectivity index (χ0n) is 23.2. The minimum atomic E-state index is -0.177. The lowest BCUT2D eigenvalue weighted by Gasteiger charge is -2.30. The molecule has 1 aliphatic heterocycles. The minimum Gasteiger partial charge on any atom is -0.320 e. The smallest absolute Gasteiger partial charge is 0.320 e. The Labute approximate surface area is 244 Å². The Morgan fingerprint density at radius 2 is 1.90 bits per heavy atom. The molecule has 4 heterocycles. The van der Waals surface area contributed by atoms with Crippen LogP contribution in [0.3, 0.4) is 0 Å². The Balaban J connectivity index is 1.33.